The van der Waals surface area contributed by atoms with Gasteiger partial charge >= 0.3 is 0 Å². The van der Waals surface area contributed by atoms with Crippen molar-refractivity contribution < 1.29 is 9.90 Å². The van der Waals surface area contributed by atoms with Gasteiger partial charge in [-0.3, -0.25) is 9.78 Å². The Morgan fingerprint density at radius 2 is 2.32 bits per heavy atom. The van der Waals surface area contributed by atoms with Crippen molar-refractivity contribution in [3.8, 4) is 5.75 Å². The number of carbonyl (C=O) groups excluding carboxylic acids is 1. The van der Waals surface area contributed by atoms with Gasteiger partial charge in [0.25, 0.3) is 5.91 Å². The van der Waals surface area contributed by atoms with E-state index >= 15 is 0 Å². The van der Waals surface area contributed by atoms with Crippen molar-refractivity contribution in [2.45, 2.75) is 12.8 Å². The molecule has 2 rings (SSSR count). The van der Waals surface area contributed by atoms with Crippen LogP contribution in [0.25, 0.3) is 0 Å². The number of likely N-dealkylation sites (N-methyl/N-ethyl adjacent to an activating group) is 1. The summed E-state index contributed by atoms with van der Waals surface area (Å²) in [5.74, 6) is 0.0123. The van der Waals surface area contributed by atoms with E-state index in [4.69, 9.17) is 0 Å². The quantitative estimate of drug-likeness (QED) is 0.929. The first-order chi connectivity index (χ1) is 9.08. The Morgan fingerprint density at radius 1 is 1.53 bits per heavy atom. The highest BCUT2D eigenvalue weighted by Gasteiger charge is 2.17. The Morgan fingerprint density at radius 3 is 2.95 bits per heavy atom. The maximum Gasteiger partial charge on any atom is 0.255 e. The Bertz CT molecular complexity index is 557. The molecule has 1 N–H and O–H groups in total. The minimum Gasteiger partial charge on any atom is -0.506 e. The van der Waals surface area contributed by atoms with E-state index in [0.29, 0.717) is 12.1 Å². The van der Waals surface area contributed by atoms with Crippen LogP contribution in [0.3, 0.4) is 0 Å². The molecule has 0 unspecified atom stereocenters. The molecule has 0 aromatic carbocycles. The number of pyridine rings is 1. The van der Waals surface area contributed by atoms with Crippen molar-refractivity contribution in [1.29, 1.82) is 0 Å². The number of thiazole rings is 1. The van der Waals surface area contributed by atoms with E-state index in [9.17, 15) is 9.90 Å². The third-order valence-corrected chi connectivity index (χ3v) is 3.75. The van der Waals surface area contributed by atoms with Gasteiger partial charge < -0.3 is 10.0 Å². The number of aromatic nitrogens is 2. The zero-order chi connectivity index (χ0) is 13.8. The summed E-state index contributed by atoms with van der Waals surface area (Å²) in [6, 6.07) is 1.42. The fourth-order valence-electron chi connectivity index (χ4n) is 1.81. The molecular weight excluding hydrogens is 262 g/mol. The average molecular weight is 277 g/mol. The second-order valence-electron chi connectivity index (χ2n) is 4.39. The molecule has 0 bridgehead atoms. The molecule has 1 atom stereocenters. The van der Waals surface area contributed by atoms with E-state index in [2.05, 4.69) is 9.97 Å². The minimum atomic E-state index is -0.160. The van der Waals surface area contributed by atoms with Gasteiger partial charge in [0.1, 0.15) is 5.75 Å². The lowest BCUT2D eigenvalue weighted by atomic mass is 10.1. The lowest BCUT2D eigenvalue weighted by Crippen LogP contribution is -2.30. The summed E-state index contributed by atoms with van der Waals surface area (Å²) in [5.41, 5.74) is 0.383. The molecule has 0 saturated heterocycles. The molecule has 5 nitrogen and oxygen atoms in total. The highest BCUT2D eigenvalue weighted by Crippen LogP contribution is 2.19. The maximum absolute atomic E-state index is 12.2. The van der Waals surface area contributed by atoms with Crippen molar-refractivity contribution >= 4 is 17.2 Å². The molecule has 6 heteroatoms. The van der Waals surface area contributed by atoms with Crippen molar-refractivity contribution in [2.75, 3.05) is 13.6 Å². The minimum absolute atomic E-state index is 0.00720. The summed E-state index contributed by atoms with van der Waals surface area (Å²) in [7, 11) is 1.73. The van der Waals surface area contributed by atoms with Crippen molar-refractivity contribution in [2.24, 2.45) is 0 Å². The lowest BCUT2D eigenvalue weighted by Gasteiger charge is -2.20. The summed E-state index contributed by atoms with van der Waals surface area (Å²) < 4.78 is 0. The van der Waals surface area contributed by atoms with E-state index < -0.39 is 0 Å². The second kappa shape index (κ2) is 5.79. The van der Waals surface area contributed by atoms with Crippen molar-refractivity contribution in [1.82, 2.24) is 14.9 Å². The Kier molecular flexibility index (Phi) is 4.11. The molecule has 0 aliphatic carbocycles. The zero-order valence-electron chi connectivity index (χ0n) is 10.8. The molecule has 1 amide bonds. The van der Waals surface area contributed by atoms with Gasteiger partial charge in [0.05, 0.1) is 16.8 Å². The molecule has 100 valence electrons. The molecular formula is C13H15N3O2S. The van der Waals surface area contributed by atoms with Gasteiger partial charge in [-0.15, -0.1) is 11.3 Å². The van der Waals surface area contributed by atoms with Crippen LogP contribution in [0.4, 0.5) is 0 Å². The van der Waals surface area contributed by atoms with Crippen LogP contribution in [0.2, 0.25) is 0 Å². The molecule has 2 heterocycles. The molecule has 0 radical (unpaired) electrons. The molecule has 0 aliphatic rings. The Hall–Kier alpha value is -1.95. The predicted molar refractivity (Wildman–Crippen MR) is 73.4 cm³/mol. The Labute approximate surface area is 115 Å². The number of hydrogen-bond acceptors (Lipinski definition) is 5. The van der Waals surface area contributed by atoms with E-state index in [0.717, 1.165) is 5.01 Å². The van der Waals surface area contributed by atoms with Crippen LogP contribution < -0.4 is 0 Å². The molecule has 0 fully saturated rings. The third-order valence-electron chi connectivity index (χ3n) is 2.74. The van der Waals surface area contributed by atoms with Crippen LogP contribution in [0.1, 0.15) is 28.2 Å². The predicted octanol–water partition coefficient (Wildman–Crippen LogP) is 2.12. The number of nitrogens with zero attached hydrogens (tertiary/aromatic N) is 3. The largest absolute Gasteiger partial charge is 0.506 e. The summed E-state index contributed by atoms with van der Waals surface area (Å²) >= 11 is 1.58. The van der Waals surface area contributed by atoms with Crippen LogP contribution in [-0.4, -0.2) is 39.5 Å². The van der Waals surface area contributed by atoms with Crippen LogP contribution in [0.5, 0.6) is 5.75 Å². The number of aromatic hydroxyl groups is 1. The topological polar surface area (TPSA) is 66.3 Å². The number of hydrogen-bond donors (Lipinski definition) is 1. The molecule has 19 heavy (non-hydrogen) atoms. The van der Waals surface area contributed by atoms with Crippen LogP contribution in [0, 0.1) is 0 Å². The molecule has 0 saturated carbocycles. The molecule has 0 aliphatic heterocycles. The van der Waals surface area contributed by atoms with Gasteiger partial charge in [0.2, 0.25) is 0 Å². The lowest BCUT2D eigenvalue weighted by molar-refractivity contribution is 0.0787. The first-order valence-corrected chi connectivity index (χ1v) is 6.74. The molecule has 0 spiro atoms. The monoisotopic (exact) mass is 277 g/mol. The standard InChI is InChI=1S/C13H15N3O2S/c1-9(12-15-3-4-19-12)8-16(2)13(18)10-5-11(17)7-14-6-10/h3-7,9,17H,8H2,1-2H3/t9-/m0/s1. The van der Waals surface area contributed by atoms with Crippen molar-refractivity contribution in [3.63, 3.8) is 0 Å². The van der Waals surface area contributed by atoms with E-state index in [1.807, 2.05) is 12.3 Å². The summed E-state index contributed by atoms with van der Waals surface area (Å²) in [6.45, 7) is 2.60. The first kappa shape index (κ1) is 13.5. The highest BCUT2D eigenvalue weighted by molar-refractivity contribution is 7.09. The first-order valence-electron chi connectivity index (χ1n) is 5.87. The van der Waals surface area contributed by atoms with E-state index in [1.54, 1.807) is 29.5 Å². The van der Waals surface area contributed by atoms with E-state index in [-0.39, 0.29) is 17.6 Å². The van der Waals surface area contributed by atoms with Gasteiger partial charge in [-0.05, 0) is 6.07 Å². The third kappa shape index (κ3) is 3.29. The van der Waals surface area contributed by atoms with Gasteiger partial charge in [-0.25, -0.2) is 4.98 Å². The number of amides is 1. The van der Waals surface area contributed by atoms with Crippen molar-refractivity contribution in [3.05, 3.63) is 40.6 Å². The van der Waals surface area contributed by atoms with Gasteiger partial charge in [-0.2, -0.15) is 0 Å². The average Bonchev–Trinajstić information content (AvgIpc) is 2.91. The van der Waals surface area contributed by atoms with Crippen LogP contribution in [-0.2, 0) is 0 Å². The normalized spacial score (nSPS) is 12.1. The smallest absolute Gasteiger partial charge is 0.255 e. The SMILES string of the molecule is C[C@@H](CN(C)C(=O)c1cncc(O)c1)c1nccs1. The van der Waals surface area contributed by atoms with Crippen LogP contribution in [0.15, 0.2) is 30.0 Å². The van der Waals surface area contributed by atoms with E-state index in [1.165, 1.54) is 18.5 Å². The van der Waals surface area contributed by atoms with Gasteiger partial charge in [-0.1, -0.05) is 6.92 Å². The summed E-state index contributed by atoms with van der Waals surface area (Å²) in [4.78, 5) is 21.8. The number of carbonyl (C=O) groups is 1. The molecule has 2 aromatic rings. The summed E-state index contributed by atoms with van der Waals surface area (Å²) in [5, 5.41) is 12.3. The second-order valence-corrected chi connectivity index (χ2v) is 5.32. The van der Waals surface area contributed by atoms with Gasteiger partial charge in [0, 0.05) is 37.3 Å². The zero-order valence-corrected chi connectivity index (χ0v) is 11.6. The van der Waals surface area contributed by atoms with Gasteiger partial charge in [0.15, 0.2) is 0 Å². The maximum atomic E-state index is 12.2. The summed E-state index contributed by atoms with van der Waals surface area (Å²) in [6.07, 6.45) is 4.51. The van der Waals surface area contributed by atoms with Crippen LogP contribution >= 0.6 is 11.3 Å². The fraction of sp³-hybridized carbons (Fsp3) is 0.308. The highest BCUT2D eigenvalue weighted by atomic mass is 32.1. The number of rotatable bonds is 4. The molecule has 2 aromatic heterocycles. The Balaban J connectivity index is 2.03. The fourth-order valence-corrected chi connectivity index (χ4v) is 2.50.